The van der Waals surface area contributed by atoms with Gasteiger partial charge < -0.3 is 4.42 Å². The quantitative estimate of drug-likeness (QED) is 0.737. The van der Waals surface area contributed by atoms with Crippen molar-refractivity contribution in [2.24, 2.45) is 0 Å². The van der Waals surface area contributed by atoms with E-state index < -0.39 is 11.6 Å². The number of benzene rings is 1. The van der Waals surface area contributed by atoms with Crippen molar-refractivity contribution in [2.45, 2.75) is 19.5 Å². The van der Waals surface area contributed by atoms with E-state index in [1.807, 2.05) is 18.3 Å². The van der Waals surface area contributed by atoms with E-state index in [1.54, 1.807) is 12.3 Å². The molecule has 0 atom stereocenters. The molecule has 0 saturated carbocycles. The van der Waals surface area contributed by atoms with Gasteiger partial charge in [0.15, 0.2) is 23.2 Å². The normalized spacial score (nSPS) is 14.6. The first-order chi connectivity index (χ1) is 11.7. The van der Waals surface area contributed by atoms with Gasteiger partial charge in [-0.3, -0.25) is 4.90 Å². The minimum Gasteiger partial charge on any atom is -0.461 e. The van der Waals surface area contributed by atoms with Crippen LogP contribution in [0.1, 0.15) is 16.8 Å². The van der Waals surface area contributed by atoms with Gasteiger partial charge in [0.1, 0.15) is 0 Å². The fourth-order valence-electron chi connectivity index (χ4n) is 2.93. The Hall–Kier alpha value is -2.60. The Bertz CT molecular complexity index is 865. The van der Waals surface area contributed by atoms with E-state index in [9.17, 15) is 8.78 Å². The zero-order valence-electron chi connectivity index (χ0n) is 12.9. The second-order valence-corrected chi connectivity index (χ2v) is 5.85. The fourth-order valence-corrected chi connectivity index (χ4v) is 2.93. The Balaban J connectivity index is 1.50. The molecule has 3 heterocycles. The van der Waals surface area contributed by atoms with E-state index in [1.165, 1.54) is 12.1 Å². The SMILES string of the molecule is Fc1ccc(CN2CCc3nc(-c4ccco4)ncc3C2)cc1F. The first-order valence-corrected chi connectivity index (χ1v) is 7.74. The van der Waals surface area contributed by atoms with Gasteiger partial charge in [0.25, 0.3) is 0 Å². The monoisotopic (exact) mass is 327 g/mol. The van der Waals surface area contributed by atoms with Crippen molar-refractivity contribution in [3.8, 4) is 11.6 Å². The van der Waals surface area contributed by atoms with Crippen LogP contribution in [0.3, 0.4) is 0 Å². The Kier molecular flexibility index (Phi) is 3.82. The third-order valence-electron chi connectivity index (χ3n) is 4.14. The number of fused-ring (bicyclic) bond motifs is 1. The maximum atomic E-state index is 13.3. The molecule has 3 aromatic rings. The van der Waals surface area contributed by atoms with E-state index in [0.29, 0.717) is 24.7 Å². The summed E-state index contributed by atoms with van der Waals surface area (Å²) in [6, 6.07) is 7.68. The standard InChI is InChI=1S/C18H15F2N3O/c19-14-4-3-12(8-15(14)20)10-23-6-5-16-13(11-23)9-21-18(22-16)17-2-1-7-24-17/h1-4,7-9H,5-6,10-11H2. The molecule has 0 spiro atoms. The molecule has 2 aromatic heterocycles. The third kappa shape index (κ3) is 2.92. The molecule has 1 aromatic carbocycles. The lowest BCUT2D eigenvalue weighted by atomic mass is 10.1. The second-order valence-electron chi connectivity index (χ2n) is 5.85. The van der Waals surface area contributed by atoms with E-state index in [4.69, 9.17) is 4.42 Å². The molecule has 4 nitrogen and oxygen atoms in total. The number of hydrogen-bond donors (Lipinski definition) is 0. The van der Waals surface area contributed by atoms with Crippen molar-refractivity contribution in [1.29, 1.82) is 0 Å². The Morgan fingerprint density at radius 3 is 2.88 bits per heavy atom. The van der Waals surface area contributed by atoms with Crippen molar-refractivity contribution >= 4 is 0 Å². The lowest BCUT2D eigenvalue weighted by Crippen LogP contribution is -2.31. The van der Waals surface area contributed by atoms with Gasteiger partial charge >= 0.3 is 0 Å². The summed E-state index contributed by atoms with van der Waals surface area (Å²) < 4.78 is 31.7. The maximum Gasteiger partial charge on any atom is 0.195 e. The predicted octanol–water partition coefficient (Wildman–Crippen LogP) is 3.57. The van der Waals surface area contributed by atoms with Crippen LogP contribution in [0, 0.1) is 11.6 Å². The number of aromatic nitrogens is 2. The lowest BCUT2D eigenvalue weighted by Gasteiger charge is -2.28. The molecular weight excluding hydrogens is 312 g/mol. The highest BCUT2D eigenvalue weighted by atomic mass is 19.2. The van der Waals surface area contributed by atoms with Crippen molar-refractivity contribution < 1.29 is 13.2 Å². The van der Waals surface area contributed by atoms with Crippen LogP contribution in [-0.4, -0.2) is 21.4 Å². The fraction of sp³-hybridized carbons (Fsp3) is 0.222. The molecule has 6 heteroatoms. The number of halogens is 2. The summed E-state index contributed by atoms with van der Waals surface area (Å²) in [5.74, 6) is -0.382. The van der Waals surface area contributed by atoms with E-state index in [0.717, 1.165) is 29.8 Å². The molecule has 0 saturated heterocycles. The Morgan fingerprint density at radius 1 is 1.17 bits per heavy atom. The lowest BCUT2D eigenvalue weighted by molar-refractivity contribution is 0.242. The van der Waals surface area contributed by atoms with Crippen LogP contribution in [-0.2, 0) is 19.5 Å². The number of nitrogens with zero attached hydrogens (tertiary/aromatic N) is 3. The molecule has 0 radical (unpaired) electrons. The van der Waals surface area contributed by atoms with Gasteiger partial charge in [-0.15, -0.1) is 0 Å². The first-order valence-electron chi connectivity index (χ1n) is 7.74. The van der Waals surface area contributed by atoms with Crippen LogP contribution in [0.15, 0.2) is 47.2 Å². The summed E-state index contributed by atoms with van der Waals surface area (Å²) >= 11 is 0. The van der Waals surface area contributed by atoms with Crippen molar-refractivity contribution in [2.75, 3.05) is 6.54 Å². The average molecular weight is 327 g/mol. The van der Waals surface area contributed by atoms with Crippen molar-refractivity contribution in [1.82, 2.24) is 14.9 Å². The topological polar surface area (TPSA) is 42.2 Å². The molecule has 0 unspecified atom stereocenters. The third-order valence-corrected chi connectivity index (χ3v) is 4.14. The summed E-state index contributed by atoms with van der Waals surface area (Å²) in [6.45, 7) is 2.06. The molecule has 0 fully saturated rings. The highest BCUT2D eigenvalue weighted by Gasteiger charge is 2.19. The molecule has 0 aliphatic carbocycles. The van der Waals surface area contributed by atoms with Crippen LogP contribution < -0.4 is 0 Å². The smallest absolute Gasteiger partial charge is 0.195 e. The van der Waals surface area contributed by atoms with Gasteiger partial charge in [0.05, 0.1) is 12.0 Å². The molecule has 1 aliphatic heterocycles. The first kappa shape index (κ1) is 15.0. The summed E-state index contributed by atoms with van der Waals surface area (Å²) in [4.78, 5) is 11.1. The zero-order chi connectivity index (χ0) is 16.5. The summed E-state index contributed by atoms with van der Waals surface area (Å²) in [5.41, 5.74) is 2.82. The highest BCUT2D eigenvalue weighted by molar-refractivity contribution is 5.46. The molecule has 0 bridgehead atoms. The number of rotatable bonds is 3. The van der Waals surface area contributed by atoms with Gasteiger partial charge in [-0.05, 0) is 29.8 Å². The average Bonchev–Trinajstić information content (AvgIpc) is 3.12. The van der Waals surface area contributed by atoms with Gasteiger partial charge in [-0.1, -0.05) is 6.07 Å². The van der Waals surface area contributed by atoms with Crippen LogP contribution in [0.25, 0.3) is 11.6 Å². The summed E-state index contributed by atoms with van der Waals surface area (Å²) in [5, 5.41) is 0. The van der Waals surface area contributed by atoms with Gasteiger partial charge in [-0.2, -0.15) is 0 Å². The minimum atomic E-state index is -0.818. The van der Waals surface area contributed by atoms with Gasteiger partial charge in [-0.25, -0.2) is 18.7 Å². The predicted molar refractivity (Wildman–Crippen MR) is 83.9 cm³/mol. The van der Waals surface area contributed by atoms with Gasteiger partial charge in [0.2, 0.25) is 0 Å². The largest absolute Gasteiger partial charge is 0.461 e. The second kappa shape index (κ2) is 6.13. The van der Waals surface area contributed by atoms with Gasteiger partial charge in [0, 0.05) is 37.8 Å². The molecular formula is C18H15F2N3O. The van der Waals surface area contributed by atoms with Crippen LogP contribution in [0.4, 0.5) is 8.78 Å². The zero-order valence-corrected chi connectivity index (χ0v) is 12.9. The van der Waals surface area contributed by atoms with E-state index in [2.05, 4.69) is 14.9 Å². The Morgan fingerprint density at radius 2 is 2.08 bits per heavy atom. The van der Waals surface area contributed by atoms with E-state index >= 15 is 0 Å². The van der Waals surface area contributed by atoms with Crippen molar-refractivity contribution in [3.63, 3.8) is 0 Å². The Labute approximate surface area is 137 Å². The summed E-state index contributed by atoms with van der Waals surface area (Å²) in [7, 11) is 0. The van der Waals surface area contributed by atoms with Crippen LogP contribution >= 0.6 is 0 Å². The molecule has 24 heavy (non-hydrogen) atoms. The highest BCUT2D eigenvalue weighted by Crippen LogP contribution is 2.22. The maximum absolute atomic E-state index is 13.3. The molecule has 0 amide bonds. The minimum absolute atomic E-state index is 0.566. The molecule has 1 aliphatic rings. The van der Waals surface area contributed by atoms with Crippen LogP contribution in [0.5, 0.6) is 0 Å². The molecule has 122 valence electrons. The molecule has 0 N–H and O–H groups in total. The summed E-state index contributed by atoms with van der Waals surface area (Å²) in [6.07, 6.45) is 4.20. The number of hydrogen-bond acceptors (Lipinski definition) is 4. The van der Waals surface area contributed by atoms with Crippen molar-refractivity contribution in [3.05, 3.63) is 71.2 Å². The molecule has 4 rings (SSSR count). The van der Waals surface area contributed by atoms with E-state index in [-0.39, 0.29) is 0 Å². The number of furan rings is 1. The van der Waals surface area contributed by atoms with Crippen LogP contribution in [0.2, 0.25) is 0 Å².